The summed E-state index contributed by atoms with van der Waals surface area (Å²) in [6.07, 6.45) is 2.25. The van der Waals surface area contributed by atoms with Crippen molar-refractivity contribution < 1.29 is 9.53 Å². The van der Waals surface area contributed by atoms with E-state index in [0.29, 0.717) is 18.3 Å². The Labute approximate surface area is 91.2 Å². The molecule has 0 aromatic carbocycles. The van der Waals surface area contributed by atoms with Crippen molar-refractivity contribution in [2.24, 2.45) is 0 Å². The van der Waals surface area contributed by atoms with Gasteiger partial charge in [-0.1, -0.05) is 13.8 Å². The summed E-state index contributed by atoms with van der Waals surface area (Å²) in [5.41, 5.74) is 0. The van der Waals surface area contributed by atoms with Gasteiger partial charge in [-0.2, -0.15) is 25.3 Å². The van der Waals surface area contributed by atoms with Gasteiger partial charge in [-0.25, -0.2) is 0 Å². The first-order valence-corrected chi connectivity index (χ1v) is 5.57. The molecule has 0 spiro atoms. The fourth-order valence-electron chi connectivity index (χ4n) is 0.865. The second-order valence-corrected chi connectivity index (χ2v) is 5.03. The molecule has 0 bridgehead atoms. The van der Waals surface area contributed by atoms with Crippen LogP contribution in [0.5, 0.6) is 0 Å². The summed E-state index contributed by atoms with van der Waals surface area (Å²) >= 11 is 8.33. The number of hydrogen-bond acceptors (Lipinski definition) is 4. The third-order valence-electron chi connectivity index (χ3n) is 1.49. The van der Waals surface area contributed by atoms with E-state index in [1.165, 1.54) is 0 Å². The summed E-state index contributed by atoms with van der Waals surface area (Å²) in [6.45, 7) is 4.41. The van der Waals surface area contributed by atoms with E-state index in [4.69, 9.17) is 4.74 Å². The highest BCUT2D eigenvalue weighted by Crippen LogP contribution is 2.05. The van der Waals surface area contributed by atoms with Crippen molar-refractivity contribution in [2.75, 3.05) is 6.61 Å². The van der Waals surface area contributed by atoms with E-state index in [0.717, 1.165) is 12.8 Å². The van der Waals surface area contributed by atoms with Crippen LogP contribution in [0.3, 0.4) is 0 Å². The minimum Gasteiger partial charge on any atom is -0.466 e. The van der Waals surface area contributed by atoms with Gasteiger partial charge in [0.2, 0.25) is 0 Å². The lowest BCUT2D eigenvalue weighted by atomic mass is 10.2. The average molecular weight is 222 g/mol. The molecule has 2 atom stereocenters. The second-order valence-electron chi connectivity index (χ2n) is 3.26. The Balaban J connectivity index is 3.27. The highest BCUT2D eigenvalue weighted by Gasteiger charge is 2.06. The summed E-state index contributed by atoms with van der Waals surface area (Å²) in [5, 5.41) is 0.457. The van der Waals surface area contributed by atoms with Crippen LogP contribution < -0.4 is 0 Å². The molecule has 78 valence electrons. The van der Waals surface area contributed by atoms with E-state index in [-0.39, 0.29) is 11.2 Å². The van der Waals surface area contributed by atoms with Crippen molar-refractivity contribution >= 4 is 31.2 Å². The molecular weight excluding hydrogens is 204 g/mol. The number of hydrogen-bond donors (Lipinski definition) is 2. The number of rotatable bonds is 6. The lowest BCUT2D eigenvalue weighted by Gasteiger charge is -2.07. The Morgan fingerprint density at radius 2 is 1.92 bits per heavy atom. The fraction of sp³-hybridized carbons (Fsp3) is 0.889. The van der Waals surface area contributed by atoms with Gasteiger partial charge in [0, 0.05) is 5.25 Å². The standard InChI is InChI=1S/C9H18O2S2/c1-7(12)4-3-5-11-9(10)6-8(2)13/h7-8,12-13H,3-6H2,1-2H3. The van der Waals surface area contributed by atoms with Gasteiger partial charge in [0.05, 0.1) is 13.0 Å². The number of ether oxygens (including phenoxy) is 1. The highest BCUT2D eigenvalue weighted by molar-refractivity contribution is 7.81. The van der Waals surface area contributed by atoms with Gasteiger partial charge in [-0.3, -0.25) is 4.79 Å². The lowest BCUT2D eigenvalue weighted by Crippen LogP contribution is -2.10. The van der Waals surface area contributed by atoms with Crippen molar-refractivity contribution in [3.8, 4) is 0 Å². The van der Waals surface area contributed by atoms with Gasteiger partial charge in [0.25, 0.3) is 0 Å². The second kappa shape index (κ2) is 7.56. The molecular formula is C9H18O2S2. The smallest absolute Gasteiger partial charge is 0.306 e. The van der Waals surface area contributed by atoms with E-state index in [1.54, 1.807) is 0 Å². The van der Waals surface area contributed by atoms with Crippen LogP contribution in [0, 0.1) is 0 Å². The summed E-state index contributed by atoms with van der Waals surface area (Å²) in [5.74, 6) is -0.158. The molecule has 4 heteroatoms. The molecule has 0 aliphatic carbocycles. The van der Waals surface area contributed by atoms with Crippen LogP contribution in [0.15, 0.2) is 0 Å². The van der Waals surface area contributed by atoms with Crippen molar-refractivity contribution in [3.05, 3.63) is 0 Å². The third kappa shape index (κ3) is 10.1. The molecule has 0 aromatic heterocycles. The summed E-state index contributed by atoms with van der Waals surface area (Å²) in [6, 6.07) is 0. The molecule has 13 heavy (non-hydrogen) atoms. The molecule has 0 aromatic rings. The highest BCUT2D eigenvalue weighted by atomic mass is 32.1. The maximum absolute atomic E-state index is 11.0. The monoisotopic (exact) mass is 222 g/mol. The van der Waals surface area contributed by atoms with E-state index in [2.05, 4.69) is 25.3 Å². The topological polar surface area (TPSA) is 26.3 Å². The minimum atomic E-state index is -0.158. The molecule has 0 heterocycles. The van der Waals surface area contributed by atoms with Crippen LogP contribution in [0.2, 0.25) is 0 Å². The van der Waals surface area contributed by atoms with E-state index < -0.39 is 0 Å². The molecule has 0 saturated heterocycles. The first kappa shape index (κ1) is 13.2. The number of carbonyl (C=O) groups is 1. The quantitative estimate of drug-likeness (QED) is 0.410. The molecule has 0 radical (unpaired) electrons. The lowest BCUT2D eigenvalue weighted by molar-refractivity contribution is -0.143. The average Bonchev–Trinajstić information content (AvgIpc) is 1.96. The van der Waals surface area contributed by atoms with Crippen molar-refractivity contribution in [2.45, 2.75) is 43.6 Å². The Morgan fingerprint density at radius 1 is 1.31 bits per heavy atom. The molecule has 0 N–H and O–H groups in total. The van der Waals surface area contributed by atoms with Crippen LogP contribution in [0.25, 0.3) is 0 Å². The third-order valence-corrected chi connectivity index (χ3v) is 1.93. The number of carbonyl (C=O) groups excluding carboxylic acids is 1. The van der Waals surface area contributed by atoms with Crippen LogP contribution in [-0.2, 0) is 9.53 Å². The zero-order valence-electron chi connectivity index (χ0n) is 8.19. The summed E-state index contributed by atoms with van der Waals surface area (Å²) in [4.78, 5) is 11.0. The van der Waals surface area contributed by atoms with Gasteiger partial charge in [-0.15, -0.1) is 0 Å². The predicted octanol–water partition coefficient (Wildman–Crippen LogP) is 2.34. The van der Waals surface area contributed by atoms with Crippen LogP contribution in [-0.4, -0.2) is 23.1 Å². The maximum Gasteiger partial charge on any atom is 0.306 e. The molecule has 2 nitrogen and oxygen atoms in total. The van der Waals surface area contributed by atoms with E-state index in [9.17, 15) is 4.79 Å². The van der Waals surface area contributed by atoms with Crippen LogP contribution >= 0.6 is 25.3 Å². The zero-order chi connectivity index (χ0) is 10.3. The zero-order valence-corrected chi connectivity index (χ0v) is 9.98. The molecule has 2 unspecified atom stereocenters. The van der Waals surface area contributed by atoms with Crippen LogP contribution in [0.4, 0.5) is 0 Å². The fourth-order valence-corrected chi connectivity index (χ4v) is 1.20. The van der Waals surface area contributed by atoms with E-state index in [1.807, 2.05) is 13.8 Å². The normalized spacial score (nSPS) is 15.1. The SMILES string of the molecule is CC(S)CCCOC(=O)CC(C)S. The first-order valence-electron chi connectivity index (χ1n) is 4.54. The maximum atomic E-state index is 11.0. The summed E-state index contributed by atoms with van der Waals surface area (Å²) in [7, 11) is 0. The van der Waals surface area contributed by atoms with Gasteiger partial charge >= 0.3 is 5.97 Å². The largest absolute Gasteiger partial charge is 0.466 e. The molecule has 0 fully saturated rings. The number of esters is 1. The minimum absolute atomic E-state index is 0.0799. The van der Waals surface area contributed by atoms with Crippen molar-refractivity contribution in [1.29, 1.82) is 0 Å². The first-order chi connectivity index (χ1) is 6.02. The molecule has 0 rings (SSSR count). The Hall–Kier alpha value is 0.170. The Morgan fingerprint density at radius 3 is 2.38 bits per heavy atom. The molecule has 0 saturated carbocycles. The van der Waals surface area contributed by atoms with Gasteiger partial charge in [-0.05, 0) is 18.1 Å². The van der Waals surface area contributed by atoms with Crippen LogP contribution in [0.1, 0.15) is 33.1 Å². The Bertz CT molecular complexity index is 147. The molecule has 0 amide bonds. The predicted molar refractivity (Wildman–Crippen MR) is 61.7 cm³/mol. The van der Waals surface area contributed by atoms with Crippen molar-refractivity contribution in [3.63, 3.8) is 0 Å². The van der Waals surface area contributed by atoms with Gasteiger partial charge < -0.3 is 4.74 Å². The van der Waals surface area contributed by atoms with Gasteiger partial charge in [0.15, 0.2) is 0 Å². The molecule has 0 aliphatic heterocycles. The van der Waals surface area contributed by atoms with E-state index >= 15 is 0 Å². The number of thiol groups is 2. The Kier molecular flexibility index (Phi) is 7.66. The molecule has 0 aliphatic rings. The van der Waals surface area contributed by atoms with Gasteiger partial charge in [0.1, 0.15) is 0 Å². The summed E-state index contributed by atoms with van der Waals surface area (Å²) < 4.78 is 4.98. The van der Waals surface area contributed by atoms with Crippen molar-refractivity contribution in [1.82, 2.24) is 0 Å².